The molecule has 140 valence electrons. The predicted molar refractivity (Wildman–Crippen MR) is 103 cm³/mol. The highest BCUT2D eigenvalue weighted by atomic mass is 16.5. The van der Waals surface area contributed by atoms with Crippen LogP contribution in [-0.2, 0) is 0 Å². The number of carbonyl (C=O) groups is 1. The van der Waals surface area contributed by atoms with Crippen molar-refractivity contribution in [3.8, 4) is 11.4 Å². The van der Waals surface area contributed by atoms with Crippen molar-refractivity contribution >= 4 is 5.91 Å². The molecule has 0 saturated heterocycles. The van der Waals surface area contributed by atoms with Crippen LogP contribution in [0.5, 0.6) is 5.75 Å². The van der Waals surface area contributed by atoms with Gasteiger partial charge >= 0.3 is 0 Å². The zero-order valence-corrected chi connectivity index (χ0v) is 15.4. The van der Waals surface area contributed by atoms with Gasteiger partial charge in [-0.05, 0) is 49.7 Å². The van der Waals surface area contributed by atoms with E-state index in [0.29, 0.717) is 5.56 Å². The molecule has 1 atom stereocenters. The van der Waals surface area contributed by atoms with E-state index in [1.807, 2.05) is 50.4 Å². The number of nitrogens with one attached hydrogen (secondary N) is 1. The number of ether oxygens (including phenoxy) is 1. The van der Waals surface area contributed by atoms with Crippen LogP contribution < -0.4 is 10.1 Å². The Balaban J connectivity index is 1.52. The molecular weight excluding hydrogens is 342 g/mol. The van der Waals surface area contributed by atoms with Crippen LogP contribution in [0.25, 0.3) is 5.69 Å². The summed E-state index contributed by atoms with van der Waals surface area (Å²) in [4.78, 5) is 12.3. The molecule has 3 rings (SSSR count). The summed E-state index contributed by atoms with van der Waals surface area (Å²) in [6.45, 7) is 4.19. The monoisotopic (exact) mass is 365 g/mol. The first-order valence-corrected chi connectivity index (χ1v) is 8.79. The summed E-state index contributed by atoms with van der Waals surface area (Å²) in [5, 5.41) is 17.0. The number of aryl methyl sites for hydroxylation is 2. The van der Waals surface area contributed by atoms with E-state index in [2.05, 4.69) is 10.4 Å². The molecule has 0 aliphatic heterocycles. The molecule has 0 spiro atoms. The highest BCUT2D eigenvalue weighted by Gasteiger charge is 2.11. The molecule has 1 aromatic heterocycles. The molecule has 2 aromatic carbocycles. The summed E-state index contributed by atoms with van der Waals surface area (Å²) in [6, 6.07) is 14.8. The molecule has 2 N–H and O–H groups in total. The van der Waals surface area contributed by atoms with Crippen molar-refractivity contribution in [2.75, 3.05) is 13.2 Å². The minimum Gasteiger partial charge on any atom is -0.491 e. The van der Waals surface area contributed by atoms with Crippen LogP contribution >= 0.6 is 0 Å². The van der Waals surface area contributed by atoms with Gasteiger partial charge in [-0.15, -0.1) is 0 Å². The highest BCUT2D eigenvalue weighted by Crippen LogP contribution is 2.18. The quantitative estimate of drug-likeness (QED) is 0.675. The predicted octanol–water partition coefficient (Wildman–Crippen LogP) is 2.66. The zero-order valence-electron chi connectivity index (χ0n) is 15.4. The Labute approximate surface area is 158 Å². The molecule has 0 fully saturated rings. The van der Waals surface area contributed by atoms with Crippen molar-refractivity contribution in [1.82, 2.24) is 15.1 Å². The van der Waals surface area contributed by atoms with E-state index >= 15 is 0 Å². The second-order valence-corrected chi connectivity index (χ2v) is 6.44. The Kier molecular flexibility index (Phi) is 5.88. The smallest absolute Gasteiger partial charge is 0.251 e. The standard InChI is InChI=1S/C21H23N3O3/c1-15-7-8-20(16(2)11-15)27-14-19(25)13-22-21(26)17-5-3-6-18(12-17)24-10-4-9-23-24/h3-12,19,25H,13-14H2,1-2H3,(H,22,26)/t19-/m0/s1. The van der Waals surface area contributed by atoms with E-state index in [-0.39, 0.29) is 19.1 Å². The van der Waals surface area contributed by atoms with Gasteiger partial charge in [0.25, 0.3) is 5.91 Å². The van der Waals surface area contributed by atoms with Crippen LogP contribution in [-0.4, -0.2) is 40.0 Å². The first kappa shape index (κ1) is 18.7. The van der Waals surface area contributed by atoms with E-state index in [0.717, 1.165) is 22.6 Å². The summed E-state index contributed by atoms with van der Waals surface area (Å²) < 4.78 is 7.33. The topological polar surface area (TPSA) is 76.4 Å². The van der Waals surface area contributed by atoms with Crippen molar-refractivity contribution in [3.05, 3.63) is 77.6 Å². The molecule has 1 heterocycles. The Morgan fingerprint density at radius 3 is 2.81 bits per heavy atom. The first-order chi connectivity index (χ1) is 13.0. The SMILES string of the molecule is Cc1ccc(OC[C@@H](O)CNC(=O)c2cccc(-n3cccn3)c2)c(C)c1. The van der Waals surface area contributed by atoms with Gasteiger partial charge in [-0.2, -0.15) is 5.10 Å². The Bertz CT molecular complexity index is 907. The van der Waals surface area contributed by atoms with Crippen LogP contribution in [0.1, 0.15) is 21.5 Å². The summed E-state index contributed by atoms with van der Waals surface area (Å²) in [5.41, 5.74) is 3.48. The number of carbonyl (C=O) groups excluding carboxylic acids is 1. The number of benzene rings is 2. The molecular formula is C21H23N3O3. The number of hydrogen-bond acceptors (Lipinski definition) is 4. The van der Waals surface area contributed by atoms with Crippen molar-refractivity contribution in [3.63, 3.8) is 0 Å². The molecule has 6 nitrogen and oxygen atoms in total. The van der Waals surface area contributed by atoms with E-state index in [1.165, 1.54) is 0 Å². The number of aliphatic hydroxyl groups is 1. The molecule has 0 radical (unpaired) electrons. The summed E-state index contributed by atoms with van der Waals surface area (Å²) in [6.07, 6.45) is 2.69. The Hall–Kier alpha value is -3.12. The third-order valence-corrected chi connectivity index (χ3v) is 4.14. The van der Waals surface area contributed by atoms with Crippen LogP contribution in [0.3, 0.4) is 0 Å². The van der Waals surface area contributed by atoms with Gasteiger partial charge < -0.3 is 15.2 Å². The molecule has 0 saturated carbocycles. The number of nitrogens with zero attached hydrogens (tertiary/aromatic N) is 2. The lowest BCUT2D eigenvalue weighted by atomic mass is 10.1. The fraction of sp³-hybridized carbons (Fsp3) is 0.238. The van der Waals surface area contributed by atoms with E-state index in [4.69, 9.17) is 4.74 Å². The normalized spacial score (nSPS) is 11.8. The second kappa shape index (κ2) is 8.51. The molecule has 0 unspecified atom stereocenters. The van der Waals surface area contributed by atoms with Crippen molar-refractivity contribution < 1.29 is 14.6 Å². The van der Waals surface area contributed by atoms with Crippen LogP contribution in [0.15, 0.2) is 60.9 Å². The highest BCUT2D eigenvalue weighted by molar-refractivity contribution is 5.94. The third kappa shape index (κ3) is 4.95. The first-order valence-electron chi connectivity index (χ1n) is 8.79. The van der Waals surface area contributed by atoms with Gasteiger partial charge in [0.2, 0.25) is 0 Å². The lowest BCUT2D eigenvalue weighted by Gasteiger charge is -2.15. The molecule has 6 heteroatoms. The minimum absolute atomic E-state index is 0.107. The number of aliphatic hydroxyl groups excluding tert-OH is 1. The summed E-state index contributed by atoms with van der Waals surface area (Å²) in [5.74, 6) is 0.479. The van der Waals surface area contributed by atoms with E-state index in [1.54, 1.807) is 29.1 Å². The van der Waals surface area contributed by atoms with Crippen LogP contribution in [0.4, 0.5) is 0 Å². The number of rotatable bonds is 7. The maximum atomic E-state index is 12.3. The summed E-state index contributed by atoms with van der Waals surface area (Å²) >= 11 is 0. The van der Waals surface area contributed by atoms with Crippen molar-refractivity contribution in [1.29, 1.82) is 0 Å². The van der Waals surface area contributed by atoms with Gasteiger partial charge in [0.15, 0.2) is 0 Å². The lowest BCUT2D eigenvalue weighted by Crippen LogP contribution is -2.35. The largest absolute Gasteiger partial charge is 0.491 e. The Morgan fingerprint density at radius 1 is 1.22 bits per heavy atom. The second-order valence-electron chi connectivity index (χ2n) is 6.44. The van der Waals surface area contributed by atoms with Crippen LogP contribution in [0, 0.1) is 13.8 Å². The fourth-order valence-corrected chi connectivity index (χ4v) is 2.73. The Morgan fingerprint density at radius 2 is 2.07 bits per heavy atom. The summed E-state index contributed by atoms with van der Waals surface area (Å²) in [7, 11) is 0. The molecule has 0 aliphatic rings. The third-order valence-electron chi connectivity index (χ3n) is 4.14. The van der Waals surface area contributed by atoms with Crippen molar-refractivity contribution in [2.45, 2.75) is 20.0 Å². The van der Waals surface area contributed by atoms with E-state index in [9.17, 15) is 9.90 Å². The fourth-order valence-electron chi connectivity index (χ4n) is 2.73. The molecule has 0 aliphatic carbocycles. The molecule has 27 heavy (non-hydrogen) atoms. The van der Waals surface area contributed by atoms with Gasteiger partial charge in [-0.25, -0.2) is 4.68 Å². The number of aromatic nitrogens is 2. The van der Waals surface area contributed by atoms with Gasteiger partial charge in [0.1, 0.15) is 18.5 Å². The van der Waals surface area contributed by atoms with Gasteiger partial charge in [0.05, 0.1) is 5.69 Å². The minimum atomic E-state index is -0.802. The van der Waals surface area contributed by atoms with Gasteiger partial charge in [-0.3, -0.25) is 4.79 Å². The average molecular weight is 365 g/mol. The van der Waals surface area contributed by atoms with Gasteiger partial charge in [-0.1, -0.05) is 23.8 Å². The number of amides is 1. The lowest BCUT2D eigenvalue weighted by molar-refractivity contribution is 0.0842. The van der Waals surface area contributed by atoms with Gasteiger partial charge in [0, 0.05) is 24.5 Å². The maximum Gasteiger partial charge on any atom is 0.251 e. The maximum absolute atomic E-state index is 12.3. The zero-order chi connectivity index (χ0) is 19.2. The van der Waals surface area contributed by atoms with E-state index < -0.39 is 6.10 Å². The average Bonchev–Trinajstić information content (AvgIpc) is 3.20. The van der Waals surface area contributed by atoms with Crippen molar-refractivity contribution in [2.24, 2.45) is 0 Å². The molecule has 1 amide bonds. The number of hydrogen-bond donors (Lipinski definition) is 2. The molecule has 0 bridgehead atoms. The molecule has 3 aromatic rings. The van der Waals surface area contributed by atoms with Crippen LogP contribution in [0.2, 0.25) is 0 Å².